The fourth-order valence-electron chi connectivity index (χ4n) is 6.28. The van der Waals surface area contributed by atoms with E-state index in [2.05, 4.69) is 90.9 Å². The van der Waals surface area contributed by atoms with Crippen molar-refractivity contribution >= 4 is 63.7 Å². The SMILES string of the molecule is CCC(CC)C(=O)/C=C(\O)C(CC)CC.Cc1c(CC(C)(C)C)[se]c2c1[se]c1c(-c3[c-]c4ccccc4c(C(C)(C)C)c3)nccc12.[Ir]. The van der Waals surface area contributed by atoms with E-state index in [1.807, 2.05) is 33.9 Å². The Bertz CT molecular complexity index is 1880. The average molecular weight is 955 g/mol. The normalized spacial score (nSPS) is 12.6. The van der Waals surface area contributed by atoms with Crippen LogP contribution in [-0.4, -0.2) is 44.9 Å². The molecule has 0 fully saturated rings. The molecule has 261 valence electrons. The molecule has 0 saturated heterocycles. The number of rotatable bonds is 9. The van der Waals surface area contributed by atoms with Gasteiger partial charge in [-0.15, -0.1) is 0 Å². The van der Waals surface area contributed by atoms with Crippen LogP contribution in [0.15, 0.2) is 54.4 Å². The van der Waals surface area contributed by atoms with Crippen molar-refractivity contribution in [3.8, 4) is 11.3 Å². The fraction of sp³-hybridized carbons (Fsp3) is 0.476. The predicted molar refractivity (Wildman–Crippen MR) is 205 cm³/mol. The monoisotopic (exact) mass is 957 g/mol. The summed E-state index contributed by atoms with van der Waals surface area (Å²) < 4.78 is 6.43. The van der Waals surface area contributed by atoms with Gasteiger partial charge in [-0.1, -0.05) is 27.7 Å². The Hall–Kier alpha value is -1.77. The van der Waals surface area contributed by atoms with E-state index < -0.39 is 0 Å². The number of allylic oxidation sites excluding steroid dienone is 2. The van der Waals surface area contributed by atoms with E-state index in [0.717, 1.165) is 36.9 Å². The Morgan fingerprint density at radius 1 is 0.875 bits per heavy atom. The van der Waals surface area contributed by atoms with Crippen LogP contribution in [0.1, 0.15) is 110 Å². The molecule has 0 saturated carbocycles. The Labute approximate surface area is 314 Å². The van der Waals surface area contributed by atoms with Crippen molar-refractivity contribution in [3.63, 3.8) is 0 Å². The summed E-state index contributed by atoms with van der Waals surface area (Å²) in [6.45, 7) is 24.4. The van der Waals surface area contributed by atoms with Crippen molar-refractivity contribution in [2.24, 2.45) is 17.3 Å². The molecule has 5 rings (SSSR count). The molecule has 0 aliphatic carbocycles. The van der Waals surface area contributed by atoms with Crippen molar-refractivity contribution in [1.82, 2.24) is 4.98 Å². The smallest absolute Gasteiger partial charge is 0 e. The maximum Gasteiger partial charge on any atom is 0 e. The zero-order valence-corrected chi connectivity index (χ0v) is 36.6. The average Bonchev–Trinajstić information content (AvgIpc) is 3.52. The van der Waals surface area contributed by atoms with E-state index in [1.165, 1.54) is 38.5 Å². The zero-order valence-electron chi connectivity index (χ0n) is 30.8. The Kier molecular flexibility index (Phi) is 14.4. The van der Waals surface area contributed by atoms with E-state index in [0.29, 0.717) is 34.4 Å². The summed E-state index contributed by atoms with van der Waals surface area (Å²) >= 11 is 0.767. The number of aliphatic hydroxyl groups is 1. The number of fused-ring (bicyclic) bond motifs is 4. The number of aryl methyl sites for hydroxylation is 1. The van der Waals surface area contributed by atoms with E-state index in [-0.39, 0.29) is 48.9 Å². The second-order valence-electron chi connectivity index (χ2n) is 15.1. The number of benzene rings is 2. The Balaban J connectivity index is 0.000000334. The van der Waals surface area contributed by atoms with E-state index >= 15 is 0 Å². The second-order valence-corrected chi connectivity index (χ2v) is 19.5. The number of aromatic nitrogens is 1. The third-order valence-corrected chi connectivity index (χ3v) is 15.4. The molecule has 0 aliphatic heterocycles. The van der Waals surface area contributed by atoms with Gasteiger partial charge in [0.05, 0.1) is 5.76 Å². The van der Waals surface area contributed by atoms with Crippen LogP contribution in [-0.2, 0) is 36.7 Å². The third-order valence-electron chi connectivity index (χ3n) is 9.15. The summed E-state index contributed by atoms with van der Waals surface area (Å²) in [5, 5.41) is 13.7. The maximum absolute atomic E-state index is 11.7. The van der Waals surface area contributed by atoms with Crippen molar-refractivity contribution in [1.29, 1.82) is 0 Å². The summed E-state index contributed by atoms with van der Waals surface area (Å²) in [6.07, 6.45) is 8.14. The van der Waals surface area contributed by atoms with Crippen molar-refractivity contribution < 1.29 is 30.0 Å². The van der Waals surface area contributed by atoms with Crippen LogP contribution in [0.5, 0.6) is 0 Å². The first kappa shape index (κ1) is 40.7. The number of aliphatic hydroxyl groups excluding tert-OH is 1. The van der Waals surface area contributed by atoms with Crippen LogP contribution in [0.3, 0.4) is 0 Å². The molecule has 0 amide bonds. The van der Waals surface area contributed by atoms with Crippen LogP contribution >= 0.6 is 0 Å². The fourth-order valence-corrected chi connectivity index (χ4v) is 13.6. The number of nitrogens with zero attached hydrogens (tertiary/aromatic N) is 1. The van der Waals surface area contributed by atoms with Crippen LogP contribution in [0.25, 0.3) is 40.2 Å². The summed E-state index contributed by atoms with van der Waals surface area (Å²) in [4.78, 5) is 16.6. The molecule has 2 aromatic carbocycles. The molecule has 3 nitrogen and oxygen atoms in total. The molecule has 0 aliphatic rings. The molecule has 1 radical (unpaired) electrons. The van der Waals surface area contributed by atoms with Gasteiger partial charge in [0, 0.05) is 38.0 Å². The van der Waals surface area contributed by atoms with Crippen LogP contribution in [0, 0.1) is 30.2 Å². The van der Waals surface area contributed by atoms with Crippen LogP contribution in [0.2, 0.25) is 0 Å². The van der Waals surface area contributed by atoms with Crippen LogP contribution in [0.4, 0.5) is 0 Å². The number of ketones is 1. The first-order valence-corrected chi connectivity index (χ1v) is 20.8. The maximum atomic E-state index is 11.7. The van der Waals surface area contributed by atoms with Gasteiger partial charge in [-0.3, -0.25) is 4.79 Å². The van der Waals surface area contributed by atoms with Gasteiger partial charge in [0.2, 0.25) is 0 Å². The summed E-state index contributed by atoms with van der Waals surface area (Å²) in [5.41, 5.74) is 5.67. The van der Waals surface area contributed by atoms with Crippen molar-refractivity contribution in [3.05, 3.63) is 76.1 Å². The third kappa shape index (κ3) is 9.31. The van der Waals surface area contributed by atoms with Crippen molar-refractivity contribution in [2.75, 3.05) is 0 Å². The molecule has 3 heterocycles. The predicted octanol–water partition coefficient (Wildman–Crippen LogP) is 11.2. The largest absolute Gasteiger partial charge is 0 e. The minimum atomic E-state index is 0. The van der Waals surface area contributed by atoms with E-state index in [4.69, 9.17) is 4.98 Å². The van der Waals surface area contributed by atoms with Crippen LogP contribution < -0.4 is 0 Å². The quantitative estimate of drug-likeness (QED) is 0.0693. The molecule has 5 aromatic rings. The minimum Gasteiger partial charge on any atom is 0 e. The molecule has 0 atom stereocenters. The number of carbonyl (C=O) groups excluding carboxylic acids is 1. The van der Waals surface area contributed by atoms with Gasteiger partial charge in [-0.25, -0.2) is 0 Å². The second kappa shape index (κ2) is 17.0. The first-order chi connectivity index (χ1) is 22.1. The standard InChI is InChI=1S/C29H30NSe2.C13H24O2.Ir/c1-17-23(16-28(2,3)4)31-27-21-12-13-30-24(26(21)32-25(17)27)19-14-18-10-8-9-11-20(18)22(15-19)29(5,6)7;1-5-10(6-2)12(14)9-13(15)11(7-3)8-4;/h8-13,15H,16H2,1-7H3;9-11,14H,5-8H2,1-4H3;/q-1;;/b;12-9-;. The molecule has 6 heteroatoms. The van der Waals surface area contributed by atoms with Gasteiger partial charge >= 0.3 is 204 Å². The van der Waals surface area contributed by atoms with Gasteiger partial charge in [0.25, 0.3) is 0 Å². The Morgan fingerprint density at radius 3 is 2.08 bits per heavy atom. The van der Waals surface area contributed by atoms with E-state index in [9.17, 15) is 9.90 Å². The first-order valence-electron chi connectivity index (χ1n) is 17.3. The number of hydrogen-bond acceptors (Lipinski definition) is 3. The molecular weight excluding hydrogens is 901 g/mol. The summed E-state index contributed by atoms with van der Waals surface area (Å²) in [6, 6.07) is 17.0. The molecule has 0 bridgehead atoms. The van der Waals surface area contributed by atoms with E-state index in [1.54, 1.807) is 18.5 Å². The number of pyridine rings is 1. The zero-order chi connectivity index (χ0) is 34.7. The number of hydrogen-bond donors (Lipinski definition) is 1. The minimum absolute atomic E-state index is 0. The van der Waals surface area contributed by atoms with Gasteiger partial charge in [-0.2, -0.15) is 0 Å². The molecule has 3 aromatic heterocycles. The van der Waals surface area contributed by atoms with Gasteiger partial charge < -0.3 is 5.11 Å². The molecule has 0 spiro atoms. The molecule has 48 heavy (non-hydrogen) atoms. The summed E-state index contributed by atoms with van der Waals surface area (Å²) in [5.74, 6) is 0.547. The molecule has 1 N–H and O–H groups in total. The topological polar surface area (TPSA) is 50.2 Å². The van der Waals surface area contributed by atoms with Gasteiger partial charge in [0.15, 0.2) is 5.78 Å². The summed E-state index contributed by atoms with van der Waals surface area (Å²) in [7, 11) is 0. The van der Waals surface area contributed by atoms with Crippen molar-refractivity contribution in [2.45, 2.75) is 114 Å². The Morgan fingerprint density at radius 2 is 1.50 bits per heavy atom. The molecule has 0 unspecified atom stereocenters. The van der Waals surface area contributed by atoms with Gasteiger partial charge in [0.1, 0.15) is 0 Å². The van der Waals surface area contributed by atoms with Gasteiger partial charge in [-0.05, 0) is 25.7 Å². The molecular formula is C42H54IrNO2Se2-. The number of carbonyl (C=O) groups is 1.